The summed E-state index contributed by atoms with van der Waals surface area (Å²) in [5.41, 5.74) is 10.4. The molecule has 0 aliphatic heterocycles. The number of nitrogens with zero attached hydrogens (tertiary/aromatic N) is 1. The van der Waals surface area contributed by atoms with Gasteiger partial charge in [-0.05, 0) is 49.4 Å². The molecule has 2 aromatic carbocycles. The van der Waals surface area contributed by atoms with Crippen LogP contribution in [0, 0.1) is 11.2 Å². The number of methoxy groups -OCH3 is 1. The van der Waals surface area contributed by atoms with Gasteiger partial charge in [-0.2, -0.15) is 0 Å². The van der Waals surface area contributed by atoms with Crippen LogP contribution in [0.25, 0.3) is 16.6 Å². The van der Waals surface area contributed by atoms with Crippen LogP contribution >= 0.6 is 0 Å². The average molecular weight is 353 g/mol. The molecule has 3 rings (SSSR count). The quantitative estimate of drug-likeness (QED) is 0.517. The van der Waals surface area contributed by atoms with Gasteiger partial charge in [0.2, 0.25) is 0 Å². The number of aromatic nitrogens is 1. The molecular formula is C21H24FN3O. The molecule has 0 saturated heterocycles. The third kappa shape index (κ3) is 3.10. The summed E-state index contributed by atoms with van der Waals surface area (Å²) in [5.74, 6) is -0.275. The molecule has 0 spiro atoms. The fraction of sp³-hybridized carbons (Fsp3) is 0.286. The topological polar surface area (TPSA) is 64.0 Å². The first kappa shape index (κ1) is 18.1. The van der Waals surface area contributed by atoms with E-state index in [1.165, 1.54) is 12.1 Å². The Morgan fingerprint density at radius 2 is 1.85 bits per heavy atom. The number of nitrogens with two attached hydrogens (primary N) is 1. The van der Waals surface area contributed by atoms with E-state index in [1.54, 1.807) is 26.2 Å². The summed E-state index contributed by atoms with van der Waals surface area (Å²) < 4.78 is 21.0. The monoisotopic (exact) mass is 353 g/mol. The van der Waals surface area contributed by atoms with Crippen molar-refractivity contribution in [1.82, 2.24) is 4.57 Å². The van der Waals surface area contributed by atoms with E-state index in [-0.39, 0.29) is 11.2 Å². The van der Waals surface area contributed by atoms with E-state index in [2.05, 4.69) is 24.5 Å². The summed E-state index contributed by atoms with van der Waals surface area (Å²) in [7, 11) is 1.68. The van der Waals surface area contributed by atoms with Crippen molar-refractivity contribution in [2.75, 3.05) is 19.5 Å². The van der Waals surface area contributed by atoms with Crippen LogP contribution in [0.1, 0.15) is 32.0 Å². The molecule has 0 radical (unpaired) electrons. The lowest BCUT2D eigenvalue weighted by atomic mass is 9.90. The molecule has 0 saturated carbocycles. The van der Waals surface area contributed by atoms with Crippen molar-refractivity contribution in [3.8, 4) is 5.69 Å². The number of nitrogens with one attached hydrogen (secondary N) is 1. The number of nitrogen functional groups attached to an aromatic ring is 1. The van der Waals surface area contributed by atoms with E-state index in [4.69, 9.17) is 15.9 Å². The lowest BCUT2D eigenvalue weighted by Crippen LogP contribution is -2.26. The van der Waals surface area contributed by atoms with Crippen LogP contribution in [0.3, 0.4) is 0 Å². The number of fused-ring (bicyclic) bond motifs is 1. The molecule has 0 aliphatic carbocycles. The lowest BCUT2D eigenvalue weighted by molar-refractivity contribution is 0.144. The van der Waals surface area contributed by atoms with Gasteiger partial charge < -0.3 is 20.4 Å². The maximum Gasteiger partial charge on any atom is 0.123 e. The Morgan fingerprint density at radius 1 is 1.19 bits per heavy atom. The largest absolute Gasteiger partial charge is 0.398 e. The fourth-order valence-corrected chi connectivity index (χ4v) is 3.40. The molecule has 0 aliphatic rings. The highest BCUT2D eigenvalue weighted by Gasteiger charge is 2.27. The van der Waals surface area contributed by atoms with Gasteiger partial charge in [0.05, 0.1) is 12.1 Å². The number of hydrogen-bond donors (Lipinski definition) is 2. The number of ether oxygens (including phenoxy) is 1. The van der Waals surface area contributed by atoms with E-state index in [0.717, 1.165) is 22.3 Å². The van der Waals surface area contributed by atoms with Crippen molar-refractivity contribution in [3.63, 3.8) is 0 Å². The summed E-state index contributed by atoms with van der Waals surface area (Å²) in [4.78, 5) is 0. The first-order valence-corrected chi connectivity index (χ1v) is 8.50. The number of rotatable bonds is 5. The first-order valence-electron chi connectivity index (χ1n) is 8.50. The molecule has 0 fully saturated rings. The van der Waals surface area contributed by atoms with E-state index >= 15 is 0 Å². The standard InChI is InChI=1S/C21H24FN3O/c1-13(23)17-11-19-14(9-18(17)24)10-20(21(2,3)12-26-4)25(19)16-7-5-15(22)6-8-16/h5-11,23H,12,24H2,1-4H3. The van der Waals surface area contributed by atoms with E-state index in [9.17, 15) is 4.39 Å². The van der Waals surface area contributed by atoms with Crippen molar-refractivity contribution in [2.45, 2.75) is 26.2 Å². The summed E-state index contributed by atoms with van der Waals surface area (Å²) in [6.07, 6.45) is 0. The zero-order valence-corrected chi connectivity index (χ0v) is 15.6. The first-order chi connectivity index (χ1) is 12.2. The third-order valence-corrected chi connectivity index (χ3v) is 4.66. The highest BCUT2D eigenvalue weighted by molar-refractivity contribution is 6.05. The number of halogens is 1. The van der Waals surface area contributed by atoms with E-state index in [0.29, 0.717) is 23.6 Å². The van der Waals surface area contributed by atoms with Gasteiger partial charge in [0.25, 0.3) is 0 Å². The van der Waals surface area contributed by atoms with Crippen LogP contribution in [0.5, 0.6) is 0 Å². The molecule has 0 bridgehead atoms. The number of anilines is 1. The molecule has 0 atom stereocenters. The Hall–Kier alpha value is -2.66. The number of benzene rings is 2. The molecule has 1 aromatic heterocycles. The van der Waals surface area contributed by atoms with Crippen molar-refractivity contribution in [1.29, 1.82) is 5.41 Å². The van der Waals surface area contributed by atoms with Crippen LogP contribution in [0.15, 0.2) is 42.5 Å². The summed E-state index contributed by atoms with van der Waals surface area (Å²) >= 11 is 0. The molecule has 1 heterocycles. The average Bonchev–Trinajstić information content (AvgIpc) is 2.93. The highest BCUT2D eigenvalue weighted by atomic mass is 19.1. The van der Waals surface area contributed by atoms with E-state index < -0.39 is 0 Å². The zero-order valence-electron chi connectivity index (χ0n) is 15.6. The van der Waals surface area contributed by atoms with Gasteiger partial charge in [-0.15, -0.1) is 0 Å². The van der Waals surface area contributed by atoms with Crippen LogP contribution in [-0.4, -0.2) is 24.0 Å². The van der Waals surface area contributed by atoms with Crippen molar-refractivity contribution >= 4 is 22.3 Å². The third-order valence-electron chi connectivity index (χ3n) is 4.66. The van der Waals surface area contributed by atoms with Crippen molar-refractivity contribution < 1.29 is 9.13 Å². The van der Waals surface area contributed by atoms with Crippen LogP contribution in [0.2, 0.25) is 0 Å². The molecule has 4 nitrogen and oxygen atoms in total. The predicted molar refractivity (Wildman–Crippen MR) is 105 cm³/mol. The van der Waals surface area contributed by atoms with Gasteiger partial charge in [0, 0.05) is 46.3 Å². The van der Waals surface area contributed by atoms with E-state index in [1.807, 2.05) is 12.1 Å². The highest BCUT2D eigenvalue weighted by Crippen LogP contribution is 2.35. The molecule has 5 heteroatoms. The van der Waals surface area contributed by atoms with Crippen LogP contribution in [0.4, 0.5) is 10.1 Å². The molecule has 26 heavy (non-hydrogen) atoms. The van der Waals surface area contributed by atoms with Gasteiger partial charge in [0.15, 0.2) is 0 Å². The molecular weight excluding hydrogens is 329 g/mol. The van der Waals surface area contributed by atoms with Gasteiger partial charge in [-0.25, -0.2) is 4.39 Å². The molecule has 136 valence electrons. The summed E-state index contributed by atoms with van der Waals surface area (Å²) in [6, 6.07) is 12.3. The Balaban J connectivity index is 2.37. The minimum atomic E-state index is -0.275. The SMILES string of the molecule is COCC(C)(C)c1cc2cc(N)c(C(C)=N)cc2n1-c1ccc(F)cc1. The minimum absolute atomic E-state index is 0.267. The van der Waals surface area contributed by atoms with Crippen LogP contribution < -0.4 is 5.73 Å². The Labute approximate surface area is 152 Å². The van der Waals surface area contributed by atoms with Gasteiger partial charge in [-0.3, -0.25) is 0 Å². The molecule has 3 N–H and O–H groups in total. The number of hydrogen-bond acceptors (Lipinski definition) is 3. The predicted octanol–water partition coefficient (Wildman–Crippen LogP) is 4.66. The smallest absolute Gasteiger partial charge is 0.123 e. The second-order valence-electron chi connectivity index (χ2n) is 7.28. The summed E-state index contributed by atoms with van der Waals surface area (Å²) in [6.45, 7) is 6.47. The van der Waals surface area contributed by atoms with Crippen LogP contribution in [-0.2, 0) is 10.2 Å². The second kappa shape index (κ2) is 6.57. The van der Waals surface area contributed by atoms with Crippen molar-refractivity contribution in [3.05, 3.63) is 59.5 Å². The Bertz CT molecular complexity index is 971. The lowest BCUT2D eigenvalue weighted by Gasteiger charge is -2.26. The fourth-order valence-electron chi connectivity index (χ4n) is 3.40. The normalized spacial score (nSPS) is 11.9. The summed E-state index contributed by atoms with van der Waals surface area (Å²) in [5, 5.41) is 8.97. The maximum atomic E-state index is 13.4. The second-order valence-corrected chi connectivity index (χ2v) is 7.28. The maximum absolute atomic E-state index is 13.4. The van der Waals surface area contributed by atoms with Gasteiger partial charge >= 0.3 is 0 Å². The van der Waals surface area contributed by atoms with Gasteiger partial charge in [0.1, 0.15) is 5.82 Å². The van der Waals surface area contributed by atoms with Gasteiger partial charge in [-0.1, -0.05) is 13.8 Å². The Morgan fingerprint density at radius 3 is 2.42 bits per heavy atom. The molecule has 3 aromatic rings. The van der Waals surface area contributed by atoms with Crippen molar-refractivity contribution in [2.24, 2.45) is 0 Å². The zero-order chi connectivity index (χ0) is 19.1. The molecule has 0 amide bonds. The minimum Gasteiger partial charge on any atom is -0.398 e. The molecule has 0 unspecified atom stereocenters. The Kier molecular flexibility index (Phi) is 4.59.